The van der Waals surface area contributed by atoms with E-state index >= 15 is 0 Å². The molecule has 7 nitrogen and oxygen atoms in total. The first-order valence-corrected chi connectivity index (χ1v) is 12.2. The van der Waals surface area contributed by atoms with Gasteiger partial charge in [0, 0.05) is 57.6 Å². The van der Waals surface area contributed by atoms with Gasteiger partial charge in [0.15, 0.2) is 0 Å². The molecule has 4 aromatic rings. The maximum absolute atomic E-state index is 13.2. The van der Waals surface area contributed by atoms with E-state index in [2.05, 4.69) is 31.2 Å². The number of rotatable bonds is 7. The number of aromatic nitrogens is 2. The van der Waals surface area contributed by atoms with Crippen LogP contribution in [0, 0.1) is 6.92 Å². The van der Waals surface area contributed by atoms with Crippen LogP contribution in [-0.2, 0) is 9.53 Å². The Hall–Kier alpha value is -3.39. The van der Waals surface area contributed by atoms with Gasteiger partial charge in [0.05, 0.1) is 5.56 Å². The Morgan fingerprint density at radius 1 is 1.00 bits per heavy atom. The summed E-state index contributed by atoms with van der Waals surface area (Å²) in [5.41, 5.74) is 3.25. The van der Waals surface area contributed by atoms with Gasteiger partial charge in [0.25, 0.3) is 0 Å². The molecule has 0 saturated heterocycles. The number of ether oxygens (including phenoxy) is 1. The summed E-state index contributed by atoms with van der Waals surface area (Å²) in [6.45, 7) is 7.43. The van der Waals surface area contributed by atoms with E-state index < -0.39 is 29.2 Å². The summed E-state index contributed by atoms with van der Waals surface area (Å²) < 4.78 is 6.25. The van der Waals surface area contributed by atoms with Crippen molar-refractivity contribution >= 4 is 55.4 Å². The first kappa shape index (κ1) is 24.7. The molecular weight excluding hydrogens is 510 g/mol. The van der Waals surface area contributed by atoms with Crippen molar-refractivity contribution in [2.75, 3.05) is 6.54 Å². The number of fused-ring (bicyclic) bond motifs is 2. The fourth-order valence-electron chi connectivity index (χ4n) is 4.15. The van der Waals surface area contributed by atoms with E-state index in [4.69, 9.17) is 4.74 Å². The third kappa shape index (κ3) is 5.65. The summed E-state index contributed by atoms with van der Waals surface area (Å²) >= 11 is 3.50. The molecule has 3 N–H and O–H groups in total. The maximum atomic E-state index is 13.2. The van der Waals surface area contributed by atoms with Gasteiger partial charge in [0.2, 0.25) is 11.6 Å². The minimum absolute atomic E-state index is 0.0629. The van der Waals surface area contributed by atoms with Crippen LogP contribution in [0.25, 0.3) is 21.8 Å². The lowest BCUT2D eigenvalue weighted by atomic mass is 9.90. The monoisotopic (exact) mass is 537 g/mol. The quantitative estimate of drug-likeness (QED) is 0.193. The number of carbonyl (C=O) groups excluding carboxylic acids is 3. The van der Waals surface area contributed by atoms with E-state index in [-0.39, 0.29) is 13.0 Å². The zero-order valence-electron chi connectivity index (χ0n) is 20.1. The molecule has 1 atom stereocenters. The molecule has 2 aromatic heterocycles. The molecule has 182 valence electrons. The van der Waals surface area contributed by atoms with Crippen molar-refractivity contribution in [3.05, 3.63) is 70.0 Å². The first-order chi connectivity index (χ1) is 16.5. The number of aromatic amines is 2. The highest BCUT2D eigenvalue weighted by atomic mass is 79.9. The lowest BCUT2D eigenvalue weighted by Crippen LogP contribution is -2.35. The van der Waals surface area contributed by atoms with Crippen LogP contribution in [0.1, 0.15) is 54.6 Å². The van der Waals surface area contributed by atoms with Gasteiger partial charge < -0.3 is 20.0 Å². The first-order valence-electron chi connectivity index (χ1n) is 11.4. The highest BCUT2D eigenvalue weighted by molar-refractivity contribution is 9.10. The molecule has 2 aromatic carbocycles. The van der Waals surface area contributed by atoms with Crippen LogP contribution in [0.3, 0.4) is 0 Å². The van der Waals surface area contributed by atoms with E-state index in [1.807, 2.05) is 49.5 Å². The smallest absolute Gasteiger partial charge is 0.407 e. The van der Waals surface area contributed by atoms with Crippen molar-refractivity contribution in [3.63, 3.8) is 0 Å². The van der Waals surface area contributed by atoms with Crippen LogP contribution < -0.4 is 5.32 Å². The molecule has 4 rings (SSSR count). The molecule has 1 amide bonds. The third-order valence-electron chi connectivity index (χ3n) is 5.77. The van der Waals surface area contributed by atoms with E-state index in [1.165, 1.54) is 0 Å². The zero-order valence-corrected chi connectivity index (χ0v) is 21.7. The van der Waals surface area contributed by atoms with Crippen molar-refractivity contribution in [3.8, 4) is 0 Å². The minimum atomic E-state index is -0.648. The lowest BCUT2D eigenvalue weighted by molar-refractivity contribution is -0.115. The molecule has 35 heavy (non-hydrogen) atoms. The van der Waals surface area contributed by atoms with Gasteiger partial charge in [-0.15, -0.1) is 0 Å². The van der Waals surface area contributed by atoms with Gasteiger partial charge >= 0.3 is 6.09 Å². The second-order valence-electron chi connectivity index (χ2n) is 9.72. The van der Waals surface area contributed by atoms with Crippen LogP contribution in [0.15, 0.2) is 53.3 Å². The summed E-state index contributed by atoms with van der Waals surface area (Å²) in [4.78, 5) is 45.0. The maximum Gasteiger partial charge on any atom is 0.407 e. The Balaban J connectivity index is 1.61. The minimum Gasteiger partial charge on any atom is -0.444 e. The van der Waals surface area contributed by atoms with Crippen molar-refractivity contribution in [2.45, 2.75) is 45.6 Å². The molecule has 0 bridgehead atoms. The average Bonchev–Trinajstić information content (AvgIpc) is 3.38. The molecule has 0 saturated carbocycles. The molecule has 1 unspecified atom stereocenters. The summed E-state index contributed by atoms with van der Waals surface area (Å²) in [5, 5.41) is 4.41. The number of hydrogen-bond acceptors (Lipinski definition) is 4. The van der Waals surface area contributed by atoms with Crippen LogP contribution in [-0.4, -0.2) is 39.8 Å². The fourth-order valence-corrected chi connectivity index (χ4v) is 4.52. The predicted molar refractivity (Wildman–Crippen MR) is 140 cm³/mol. The predicted octanol–water partition coefficient (Wildman–Crippen LogP) is 6.17. The number of nitrogens with one attached hydrogen (secondary N) is 3. The number of aryl methyl sites for hydroxylation is 1. The number of benzene rings is 2. The summed E-state index contributed by atoms with van der Waals surface area (Å²) in [6, 6.07) is 11.5. The summed E-state index contributed by atoms with van der Waals surface area (Å²) in [6.07, 6.45) is 2.77. The van der Waals surface area contributed by atoms with Crippen molar-refractivity contribution < 1.29 is 19.1 Å². The van der Waals surface area contributed by atoms with Gasteiger partial charge in [-0.05, 0) is 63.6 Å². The lowest BCUT2D eigenvalue weighted by Gasteiger charge is -2.22. The van der Waals surface area contributed by atoms with Crippen LogP contribution in [0.5, 0.6) is 0 Å². The van der Waals surface area contributed by atoms with Gasteiger partial charge in [-0.3, -0.25) is 9.59 Å². The van der Waals surface area contributed by atoms with Gasteiger partial charge in [0.1, 0.15) is 5.60 Å². The number of hydrogen-bond donors (Lipinski definition) is 3. The second-order valence-corrected chi connectivity index (χ2v) is 10.6. The van der Waals surface area contributed by atoms with Gasteiger partial charge in [-0.1, -0.05) is 27.6 Å². The van der Waals surface area contributed by atoms with Crippen LogP contribution in [0.2, 0.25) is 0 Å². The molecule has 8 heteroatoms. The Bertz CT molecular complexity index is 1430. The van der Waals surface area contributed by atoms with Gasteiger partial charge in [-0.2, -0.15) is 0 Å². The third-order valence-corrected chi connectivity index (χ3v) is 6.27. The van der Waals surface area contributed by atoms with Crippen LogP contribution in [0.4, 0.5) is 4.79 Å². The number of carbonyl (C=O) groups is 3. The van der Waals surface area contributed by atoms with E-state index in [0.29, 0.717) is 5.56 Å². The molecular formula is C27H28BrN3O4. The average molecular weight is 538 g/mol. The van der Waals surface area contributed by atoms with Crippen molar-refractivity contribution in [1.82, 2.24) is 15.3 Å². The fraction of sp³-hybridized carbons (Fsp3) is 0.296. The van der Waals surface area contributed by atoms with Crippen molar-refractivity contribution in [1.29, 1.82) is 0 Å². The molecule has 0 radical (unpaired) electrons. The molecule has 0 fully saturated rings. The Kier molecular flexibility index (Phi) is 6.85. The summed E-state index contributed by atoms with van der Waals surface area (Å²) in [5.74, 6) is -1.51. The van der Waals surface area contributed by atoms with Crippen molar-refractivity contribution in [2.24, 2.45) is 0 Å². The number of amides is 1. The highest BCUT2D eigenvalue weighted by Gasteiger charge is 2.27. The summed E-state index contributed by atoms with van der Waals surface area (Å²) in [7, 11) is 0. The topological polar surface area (TPSA) is 104 Å². The molecule has 0 aliphatic rings. The van der Waals surface area contributed by atoms with E-state index in [0.717, 1.165) is 37.4 Å². The van der Waals surface area contributed by atoms with Crippen LogP contribution >= 0.6 is 15.9 Å². The second kappa shape index (κ2) is 9.70. The Labute approximate surface area is 211 Å². The number of halogens is 1. The number of alkyl carbamates (subject to hydrolysis) is 1. The molecule has 0 spiro atoms. The van der Waals surface area contributed by atoms with E-state index in [1.54, 1.807) is 27.0 Å². The normalized spacial score (nSPS) is 12.6. The Morgan fingerprint density at radius 3 is 2.43 bits per heavy atom. The zero-order chi connectivity index (χ0) is 25.3. The standard InChI is InChI=1S/C27H28BrN3O4/c1-15-5-7-22-18(9-15)21(14-30-22)25(33)24(32)10-16(12-31-26(34)35-27(2,3)4)20-13-29-23-8-6-17(28)11-19(20)23/h5-9,11,13-14,16,29-30H,10,12H2,1-4H3,(H,31,34). The van der Waals surface area contributed by atoms with E-state index in [9.17, 15) is 14.4 Å². The highest BCUT2D eigenvalue weighted by Crippen LogP contribution is 2.31. The number of H-pyrrole nitrogens is 2. The number of Topliss-reactive ketones (excluding diaryl/α,β-unsaturated/α-hetero) is 2. The molecule has 0 aliphatic carbocycles. The Morgan fingerprint density at radius 2 is 1.69 bits per heavy atom. The molecule has 2 heterocycles. The SMILES string of the molecule is Cc1ccc2[nH]cc(C(=O)C(=O)CC(CNC(=O)OC(C)(C)C)c3c[nH]c4ccc(Br)cc34)c2c1. The van der Waals surface area contributed by atoms with Gasteiger partial charge in [-0.25, -0.2) is 4.79 Å². The largest absolute Gasteiger partial charge is 0.444 e. The number of ketones is 2. The molecule has 0 aliphatic heterocycles.